The predicted molar refractivity (Wildman–Crippen MR) is 153 cm³/mol. The molecule has 0 aromatic heterocycles. The summed E-state index contributed by atoms with van der Waals surface area (Å²) >= 11 is 13.0. The fourth-order valence-corrected chi connectivity index (χ4v) is 6.38. The Hall–Kier alpha value is -2.00. The van der Waals surface area contributed by atoms with Crippen LogP contribution in [-0.2, 0) is 6.42 Å². The Kier molecular flexibility index (Phi) is 8.81. The second kappa shape index (κ2) is 11.8. The molecule has 0 radical (unpaired) electrons. The van der Waals surface area contributed by atoms with Gasteiger partial charge in [-0.2, -0.15) is 0 Å². The van der Waals surface area contributed by atoms with E-state index in [0.717, 1.165) is 44.9 Å². The monoisotopic (exact) mass is 540 g/mol. The maximum Gasteiger partial charge on any atom is 0.129 e. The number of hydrogen-bond donors (Lipinski definition) is 0. The number of benzene rings is 2. The van der Waals surface area contributed by atoms with E-state index in [1.807, 2.05) is 62.4 Å². The lowest BCUT2D eigenvalue weighted by Gasteiger charge is -2.20. The van der Waals surface area contributed by atoms with Gasteiger partial charge in [-0.25, -0.2) is 0 Å². The van der Waals surface area contributed by atoms with Crippen molar-refractivity contribution in [3.8, 4) is 11.5 Å². The van der Waals surface area contributed by atoms with Gasteiger partial charge >= 0.3 is 0 Å². The second-order valence-electron chi connectivity index (χ2n) is 8.73. The summed E-state index contributed by atoms with van der Waals surface area (Å²) in [5, 5.41) is 1.38. The fourth-order valence-electron chi connectivity index (χ4n) is 4.01. The predicted octanol–water partition coefficient (Wildman–Crippen LogP) is 9.23. The number of aryl methyl sites for hydroxylation is 2. The molecule has 2 aliphatic carbocycles. The van der Waals surface area contributed by atoms with Crippen LogP contribution >= 0.6 is 40.8 Å². The number of allylic oxidation sites excluding steroid dienone is 6. The molecule has 2 nitrogen and oxygen atoms in total. The summed E-state index contributed by atoms with van der Waals surface area (Å²) in [5.41, 5.74) is 13.5. The molecule has 4 rings (SSSR count). The van der Waals surface area contributed by atoms with Crippen LogP contribution in [0.1, 0.15) is 36.1 Å². The van der Waals surface area contributed by atoms with E-state index in [0.29, 0.717) is 16.5 Å². The van der Waals surface area contributed by atoms with Crippen molar-refractivity contribution in [2.45, 2.75) is 45.4 Å². The molecule has 0 N–H and O–H groups in total. The first-order chi connectivity index (χ1) is 16.8. The van der Waals surface area contributed by atoms with Crippen LogP contribution in [0.3, 0.4) is 0 Å². The van der Waals surface area contributed by atoms with Crippen LogP contribution in [0.4, 0.5) is 0 Å². The van der Waals surface area contributed by atoms with Gasteiger partial charge in [-0.1, -0.05) is 49.2 Å². The maximum atomic E-state index is 6.48. The molecule has 0 heterocycles. The van der Waals surface area contributed by atoms with E-state index in [2.05, 4.69) is 37.5 Å². The number of halogens is 2. The Labute approximate surface area is 221 Å². The molecular formula is C29H28Cl2O2P2. The summed E-state index contributed by atoms with van der Waals surface area (Å²) < 4.78 is 12.8. The van der Waals surface area contributed by atoms with E-state index >= 15 is 0 Å². The first-order valence-corrected chi connectivity index (χ1v) is 14.2. The highest BCUT2D eigenvalue weighted by atomic mass is 35.5. The van der Waals surface area contributed by atoms with Crippen LogP contribution in [0.25, 0.3) is 0 Å². The van der Waals surface area contributed by atoms with Crippen LogP contribution in [0, 0.1) is 13.8 Å². The molecule has 3 unspecified atom stereocenters. The zero-order valence-corrected chi connectivity index (χ0v) is 23.7. The molecule has 0 aliphatic heterocycles. The largest absolute Gasteiger partial charge is 0.476 e. The lowest BCUT2D eigenvalue weighted by atomic mass is 9.99. The molecule has 2 aliphatic rings. The number of hydrogen-bond acceptors (Lipinski definition) is 2. The van der Waals surface area contributed by atoms with Crippen LogP contribution in [0.2, 0.25) is 10.0 Å². The molecule has 0 saturated carbocycles. The quantitative estimate of drug-likeness (QED) is 0.221. The molecule has 0 fully saturated rings. The lowest BCUT2D eigenvalue weighted by molar-refractivity contribution is 0.601. The minimum Gasteiger partial charge on any atom is -0.476 e. The summed E-state index contributed by atoms with van der Waals surface area (Å²) in [7, 11) is 0.542. The van der Waals surface area contributed by atoms with E-state index in [1.54, 1.807) is 0 Å². The van der Waals surface area contributed by atoms with Gasteiger partial charge in [0.25, 0.3) is 0 Å². The third kappa shape index (κ3) is 6.61. The molecule has 0 bridgehead atoms. The first-order valence-electron chi connectivity index (χ1n) is 11.5. The third-order valence-electron chi connectivity index (χ3n) is 5.87. The fraction of sp³-hybridized carbons (Fsp3) is 0.241. The van der Waals surface area contributed by atoms with Gasteiger partial charge in [0.1, 0.15) is 11.5 Å². The molecule has 0 saturated heterocycles. The van der Waals surface area contributed by atoms with Crippen LogP contribution in [0.15, 0.2) is 83.3 Å². The summed E-state index contributed by atoms with van der Waals surface area (Å²) in [6, 6.07) is 7.86. The van der Waals surface area contributed by atoms with E-state index in [1.165, 1.54) is 0 Å². The molecule has 180 valence electrons. The zero-order valence-electron chi connectivity index (χ0n) is 20.2. The Morgan fingerprint density at radius 1 is 0.743 bits per heavy atom. The standard InChI is InChI=1S/C29H28Cl2O2P2/c1-18-13-26(30)16-24(28(18)32-34-20(3)22-9-5-6-10-22)15-25-17-27(31)14-19(2)29(25)33-35-21(4)23-11-7-8-12-23/h5-9,11,13-14,16-17,20-21,34-35H,15H2,1-4H3/t20-,21?/m0/s1. The van der Waals surface area contributed by atoms with E-state index in [9.17, 15) is 0 Å². The van der Waals surface area contributed by atoms with Crippen molar-refractivity contribution in [1.82, 2.24) is 0 Å². The van der Waals surface area contributed by atoms with Crippen LogP contribution in [-0.4, -0.2) is 11.3 Å². The van der Waals surface area contributed by atoms with Gasteiger partial charge in [0.2, 0.25) is 0 Å². The second-order valence-corrected chi connectivity index (χ2v) is 12.2. The van der Waals surface area contributed by atoms with E-state index in [-0.39, 0.29) is 28.9 Å². The maximum absolute atomic E-state index is 6.48. The van der Waals surface area contributed by atoms with Gasteiger partial charge < -0.3 is 9.05 Å². The minimum atomic E-state index is 0.260. The van der Waals surface area contributed by atoms with Gasteiger partial charge in [-0.05, 0) is 73.5 Å². The smallest absolute Gasteiger partial charge is 0.129 e. The Morgan fingerprint density at radius 2 is 1.17 bits per heavy atom. The summed E-state index contributed by atoms with van der Waals surface area (Å²) in [6.07, 6.45) is 12.7. The van der Waals surface area contributed by atoms with Gasteiger partial charge in [-0.15, -0.1) is 11.5 Å². The van der Waals surface area contributed by atoms with Crippen molar-refractivity contribution < 1.29 is 9.05 Å². The Bertz CT molecular complexity index is 1230. The average Bonchev–Trinajstić information content (AvgIpc) is 3.52. The topological polar surface area (TPSA) is 18.5 Å². The molecular weight excluding hydrogens is 513 g/mol. The highest BCUT2D eigenvalue weighted by Crippen LogP contribution is 2.41. The van der Waals surface area contributed by atoms with E-state index < -0.39 is 0 Å². The summed E-state index contributed by atoms with van der Waals surface area (Å²) in [6.45, 7) is 8.39. The van der Waals surface area contributed by atoms with Crippen molar-refractivity contribution in [2.75, 3.05) is 0 Å². The van der Waals surface area contributed by atoms with Gasteiger partial charge in [0.15, 0.2) is 0 Å². The first kappa shape index (κ1) is 26.1. The highest BCUT2D eigenvalue weighted by Gasteiger charge is 2.18. The molecule has 2 aromatic rings. The average molecular weight is 541 g/mol. The Morgan fingerprint density at radius 3 is 1.54 bits per heavy atom. The van der Waals surface area contributed by atoms with Gasteiger partial charge in [0.05, 0.1) is 17.6 Å². The summed E-state index contributed by atoms with van der Waals surface area (Å²) in [4.78, 5) is 0. The third-order valence-corrected chi connectivity index (χ3v) is 8.28. The van der Waals surface area contributed by atoms with Gasteiger partial charge in [0, 0.05) is 50.1 Å². The lowest BCUT2D eigenvalue weighted by Crippen LogP contribution is -2.03. The van der Waals surface area contributed by atoms with Crippen LogP contribution < -0.4 is 9.05 Å². The molecule has 6 heteroatoms. The zero-order chi connectivity index (χ0) is 24.9. The Balaban J connectivity index is 1.59. The molecule has 35 heavy (non-hydrogen) atoms. The van der Waals surface area contributed by atoms with E-state index in [4.69, 9.17) is 32.2 Å². The molecule has 2 aromatic carbocycles. The molecule has 0 spiro atoms. The van der Waals surface area contributed by atoms with Crippen molar-refractivity contribution in [1.29, 1.82) is 0 Å². The number of rotatable bonds is 10. The van der Waals surface area contributed by atoms with Crippen molar-refractivity contribution in [3.63, 3.8) is 0 Å². The SMILES string of the molecule is Cc1cc(Cl)cc(Cc2cc(Cl)cc(C)c2OP[C@@H](C)C2=C=CC=C2)c1OPC(C)C1=C=CC=C1. The highest BCUT2D eigenvalue weighted by molar-refractivity contribution is 7.34. The summed E-state index contributed by atoms with van der Waals surface area (Å²) in [5.74, 6) is 1.74. The van der Waals surface area contributed by atoms with Crippen molar-refractivity contribution in [2.24, 2.45) is 0 Å². The minimum absolute atomic E-state index is 0.260. The van der Waals surface area contributed by atoms with Crippen molar-refractivity contribution in [3.05, 3.63) is 116 Å². The molecule has 0 amide bonds. The normalized spacial score (nSPS) is 16.1. The molecule has 4 atom stereocenters. The van der Waals surface area contributed by atoms with Gasteiger partial charge in [-0.3, -0.25) is 0 Å². The van der Waals surface area contributed by atoms with Crippen LogP contribution in [0.5, 0.6) is 11.5 Å². The van der Waals surface area contributed by atoms with Crippen molar-refractivity contribution >= 4 is 40.8 Å².